The third kappa shape index (κ3) is 40.9. The fourth-order valence-corrected chi connectivity index (χ4v) is 5.85. The number of ether oxygens (including phenoxy) is 6. The van der Waals surface area contributed by atoms with Crippen LogP contribution in [0, 0.1) is 0 Å². The van der Waals surface area contributed by atoms with Crippen LogP contribution in [0.2, 0.25) is 0 Å². The van der Waals surface area contributed by atoms with E-state index < -0.39 is 54.6 Å². The van der Waals surface area contributed by atoms with Crippen LogP contribution in [0.1, 0.15) is 173 Å². The highest BCUT2D eigenvalue weighted by Gasteiger charge is 2.20. The number of esters is 6. The summed E-state index contributed by atoms with van der Waals surface area (Å²) in [5.41, 5.74) is 1.73. The van der Waals surface area contributed by atoms with Gasteiger partial charge in [0.1, 0.15) is 39.1 Å². The van der Waals surface area contributed by atoms with E-state index in [-0.39, 0.29) is 71.1 Å². The fraction of sp³-hybridized carbons (Fsp3) is 0.635. The fourth-order valence-electron chi connectivity index (χ4n) is 5.85. The smallest absolute Gasteiger partial charge is 0.306 e. The molecule has 0 saturated carbocycles. The molecule has 2 aromatic carbocycles. The lowest BCUT2D eigenvalue weighted by Gasteiger charge is -2.18. The Morgan fingerprint density at radius 3 is 1.15 bits per heavy atom. The highest BCUT2D eigenvalue weighted by atomic mass is 16.6. The van der Waals surface area contributed by atoms with Crippen molar-refractivity contribution in [3.05, 3.63) is 71.8 Å². The number of aliphatic hydroxyl groups excluding tert-OH is 2. The number of carboxylic acids is 1. The Hall–Kier alpha value is -5.35. The molecule has 0 saturated heterocycles. The molecule has 0 fully saturated rings. The van der Waals surface area contributed by atoms with Gasteiger partial charge in [-0.15, -0.1) is 0 Å². The van der Waals surface area contributed by atoms with E-state index in [0.29, 0.717) is 19.3 Å². The van der Waals surface area contributed by atoms with Crippen LogP contribution >= 0.6 is 0 Å². The molecule has 0 aromatic heterocycles. The number of hydrogen-bond donors (Lipinski definition) is 3. The van der Waals surface area contributed by atoms with E-state index in [1.807, 2.05) is 60.7 Å². The zero-order valence-electron chi connectivity index (χ0n) is 40.9. The number of hydrogen-bond acceptors (Lipinski definition) is 15. The Balaban J connectivity index is 0.00000123. The number of carbonyl (C=O) groups is 7. The summed E-state index contributed by atoms with van der Waals surface area (Å²) in [5.74, 6) is -3.69. The summed E-state index contributed by atoms with van der Waals surface area (Å²) < 4.78 is 30.8. The number of aliphatic hydroxyl groups is 2. The van der Waals surface area contributed by atoms with E-state index in [4.69, 9.17) is 39.0 Å². The minimum absolute atomic E-state index is 0.0825. The van der Waals surface area contributed by atoms with Crippen molar-refractivity contribution in [1.29, 1.82) is 0 Å². The molecule has 2 atom stereocenters. The van der Waals surface area contributed by atoms with Crippen LogP contribution in [0.15, 0.2) is 60.7 Å². The zero-order valence-corrected chi connectivity index (χ0v) is 40.9. The Morgan fingerprint density at radius 2 is 0.765 bits per heavy atom. The molecule has 0 aliphatic carbocycles. The van der Waals surface area contributed by atoms with Gasteiger partial charge in [0.25, 0.3) is 0 Å². The van der Waals surface area contributed by atoms with Crippen LogP contribution in [0.4, 0.5) is 0 Å². The molecule has 2 unspecified atom stereocenters. The van der Waals surface area contributed by atoms with Crippen molar-refractivity contribution in [2.45, 2.75) is 187 Å². The maximum absolute atomic E-state index is 12.3. The molecule has 0 aliphatic heterocycles. The molecule has 0 amide bonds. The predicted molar refractivity (Wildman–Crippen MR) is 255 cm³/mol. The SMILES string of the molecule is CCCCCCCC(=O)O.CCCCCCCC(=O)OCC(COC(=O)CCC(=O)OCc1ccccc1)OC(=O)CCCCCCC.O=C(CCC(=O)OCC(O)CO)OCc1ccccc1. The Kier molecular flexibility index (Phi) is 40.7. The minimum Gasteiger partial charge on any atom is -0.481 e. The van der Waals surface area contributed by atoms with Crippen molar-refractivity contribution in [2.75, 3.05) is 26.4 Å². The van der Waals surface area contributed by atoms with Crippen LogP contribution < -0.4 is 0 Å². The van der Waals surface area contributed by atoms with Gasteiger partial charge in [0, 0.05) is 19.3 Å². The molecule has 0 aliphatic rings. The number of benzene rings is 2. The molecule has 0 radical (unpaired) electrons. The summed E-state index contributed by atoms with van der Waals surface area (Å²) in [5, 5.41) is 25.8. The summed E-state index contributed by atoms with van der Waals surface area (Å²) in [4.78, 5) is 81.1. The van der Waals surface area contributed by atoms with E-state index in [0.717, 1.165) is 81.8 Å². The first-order chi connectivity index (χ1) is 32.8. The first-order valence-corrected chi connectivity index (χ1v) is 24.4. The van der Waals surface area contributed by atoms with E-state index in [9.17, 15) is 33.6 Å². The highest BCUT2D eigenvalue weighted by Crippen LogP contribution is 2.11. The first kappa shape index (κ1) is 62.6. The van der Waals surface area contributed by atoms with E-state index >= 15 is 0 Å². The lowest BCUT2D eigenvalue weighted by Crippen LogP contribution is -2.31. The number of aliphatic carboxylic acids is 1. The van der Waals surface area contributed by atoms with Gasteiger partial charge in [-0.25, -0.2) is 0 Å². The monoisotopic (exact) mass is 961 g/mol. The molecule has 3 N–H and O–H groups in total. The number of carbonyl (C=O) groups excluding carboxylic acids is 6. The van der Waals surface area contributed by atoms with Crippen molar-refractivity contribution in [2.24, 2.45) is 0 Å². The average molecular weight is 961 g/mol. The molecule has 68 heavy (non-hydrogen) atoms. The maximum atomic E-state index is 12.3. The van der Waals surface area contributed by atoms with Crippen molar-refractivity contribution in [3.8, 4) is 0 Å². The van der Waals surface area contributed by atoms with Gasteiger partial charge in [0.15, 0.2) is 6.10 Å². The number of carboxylic acid groups (broad SMARTS) is 1. The van der Waals surface area contributed by atoms with Gasteiger partial charge in [-0.05, 0) is 30.4 Å². The van der Waals surface area contributed by atoms with Gasteiger partial charge in [0.05, 0.1) is 32.3 Å². The highest BCUT2D eigenvalue weighted by molar-refractivity contribution is 5.78. The quantitative estimate of drug-likeness (QED) is 0.0328. The van der Waals surface area contributed by atoms with Crippen LogP contribution in [-0.4, -0.2) is 95.7 Å². The summed E-state index contributed by atoms with van der Waals surface area (Å²) >= 11 is 0. The molecule has 16 heteroatoms. The van der Waals surface area contributed by atoms with Crippen LogP contribution in [0.25, 0.3) is 0 Å². The van der Waals surface area contributed by atoms with Gasteiger partial charge in [0.2, 0.25) is 0 Å². The second-order valence-corrected chi connectivity index (χ2v) is 16.2. The number of unbranched alkanes of at least 4 members (excludes halogenated alkanes) is 12. The van der Waals surface area contributed by atoms with Gasteiger partial charge < -0.3 is 43.7 Å². The lowest BCUT2D eigenvalue weighted by molar-refractivity contribution is -0.167. The summed E-state index contributed by atoms with van der Waals surface area (Å²) in [6, 6.07) is 18.5. The van der Waals surface area contributed by atoms with Gasteiger partial charge in [-0.1, -0.05) is 158 Å². The largest absolute Gasteiger partial charge is 0.481 e. The average Bonchev–Trinajstić information content (AvgIpc) is 3.34. The van der Waals surface area contributed by atoms with Gasteiger partial charge >= 0.3 is 41.8 Å². The normalized spacial score (nSPS) is 11.2. The topological polar surface area (TPSA) is 236 Å². The molecule has 2 rings (SSSR count). The van der Waals surface area contributed by atoms with Crippen molar-refractivity contribution >= 4 is 41.8 Å². The lowest BCUT2D eigenvalue weighted by atomic mass is 10.1. The molecule has 2 aromatic rings. The third-order valence-electron chi connectivity index (χ3n) is 9.82. The van der Waals surface area contributed by atoms with Gasteiger partial charge in [-0.3, -0.25) is 33.6 Å². The van der Waals surface area contributed by atoms with Gasteiger partial charge in [-0.2, -0.15) is 0 Å². The summed E-state index contributed by atoms with van der Waals surface area (Å²) in [7, 11) is 0. The minimum atomic E-state index is -1.09. The molecular weight excluding hydrogens is 881 g/mol. The van der Waals surface area contributed by atoms with E-state index in [1.54, 1.807) is 0 Å². The zero-order chi connectivity index (χ0) is 50.5. The predicted octanol–water partition coefficient (Wildman–Crippen LogP) is 9.07. The van der Waals surface area contributed by atoms with Crippen molar-refractivity contribution in [1.82, 2.24) is 0 Å². The maximum Gasteiger partial charge on any atom is 0.306 e. The van der Waals surface area contributed by atoms with E-state index in [2.05, 4.69) is 25.5 Å². The Labute approximate surface area is 403 Å². The molecule has 16 nitrogen and oxygen atoms in total. The van der Waals surface area contributed by atoms with Crippen LogP contribution in [0.3, 0.4) is 0 Å². The third-order valence-corrected chi connectivity index (χ3v) is 9.82. The Morgan fingerprint density at radius 1 is 0.426 bits per heavy atom. The molecule has 0 spiro atoms. The second kappa shape index (κ2) is 44.2. The molecule has 0 bridgehead atoms. The second-order valence-electron chi connectivity index (χ2n) is 16.2. The molecule has 0 heterocycles. The summed E-state index contributed by atoms with van der Waals surface area (Å²) in [6.07, 6.45) is 14.0. The molecular formula is C52H80O16. The standard InChI is InChI=1S/C30H46O8.C14H18O6.C8H16O2/c1-3-5-7-9-14-18-27(31)36-23-26(38-30(34)19-15-10-8-6-4-2)24-37-29(33)21-20-28(32)35-22-25-16-12-11-13-17-25;15-8-12(16)10-20-14(18)7-6-13(17)19-9-11-4-2-1-3-5-11;1-2-3-4-5-6-7-8(9)10/h11-13,16-17,26H,3-10,14-15,18-24H2,1-2H3;1-5,12,15-16H,6-10H2;2-7H2,1H3,(H,9,10). The van der Waals surface area contributed by atoms with Crippen LogP contribution in [-0.2, 0) is 75.2 Å². The molecule has 384 valence electrons. The van der Waals surface area contributed by atoms with Crippen molar-refractivity contribution in [3.63, 3.8) is 0 Å². The first-order valence-electron chi connectivity index (χ1n) is 24.4. The Bertz CT molecular complexity index is 1620. The summed E-state index contributed by atoms with van der Waals surface area (Å²) in [6.45, 7) is 5.52. The van der Waals surface area contributed by atoms with Crippen molar-refractivity contribution < 1.29 is 77.3 Å². The van der Waals surface area contributed by atoms with E-state index in [1.165, 1.54) is 19.3 Å². The number of rotatable bonds is 36. The van der Waals surface area contributed by atoms with Crippen LogP contribution in [0.5, 0.6) is 0 Å².